The second-order valence-electron chi connectivity index (χ2n) is 2.35. The first-order valence-corrected chi connectivity index (χ1v) is 5.04. The lowest BCUT2D eigenvalue weighted by Crippen LogP contribution is -2.02. The SMILES string of the molecule is CC(=C=CCCS(=O)(=O)O)C(=O)O. The van der Waals surface area contributed by atoms with Crippen LogP contribution in [0.4, 0.5) is 0 Å². The fourth-order valence-corrected chi connectivity index (χ4v) is 0.911. The largest absolute Gasteiger partial charge is 0.477 e. The average Bonchev–Trinajstić information content (AvgIpc) is 1.95. The van der Waals surface area contributed by atoms with Gasteiger partial charge < -0.3 is 5.11 Å². The Labute approximate surface area is 76.1 Å². The Kier molecular flexibility index (Phi) is 4.40. The molecule has 0 aromatic heterocycles. The Balaban J connectivity index is 4.18. The molecule has 0 heterocycles. The van der Waals surface area contributed by atoms with E-state index >= 15 is 0 Å². The highest BCUT2D eigenvalue weighted by molar-refractivity contribution is 7.85. The monoisotopic (exact) mass is 206 g/mol. The number of aliphatic carboxylic acids is 1. The van der Waals surface area contributed by atoms with Crippen molar-refractivity contribution in [2.45, 2.75) is 13.3 Å². The van der Waals surface area contributed by atoms with Crippen molar-refractivity contribution in [1.29, 1.82) is 0 Å². The van der Waals surface area contributed by atoms with E-state index in [0.717, 1.165) is 0 Å². The highest BCUT2D eigenvalue weighted by atomic mass is 32.2. The molecule has 0 fully saturated rings. The number of rotatable bonds is 4. The van der Waals surface area contributed by atoms with E-state index in [1.165, 1.54) is 13.0 Å². The zero-order valence-corrected chi connectivity index (χ0v) is 7.84. The van der Waals surface area contributed by atoms with E-state index in [9.17, 15) is 13.2 Å². The minimum Gasteiger partial charge on any atom is -0.477 e. The molecule has 0 bridgehead atoms. The summed E-state index contributed by atoms with van der Waals surface area (Å²) in [5.74, 6) is -1.53. The first kappa shape index (κ1) is 11.9. The molecular weight excluding hydrogens is 196 g/mol. The van der Waals surface area contributed by atoms with E-state index < -0.39 is 21.8 Å². The van der Waals surface area contributed by atoms with E-state index in [1.807, 2.05) is 0 Å². The highest BCUT2D eigenvalue weighted by Crippen LogP contribution is 1.92. The average molecular weight is 206 g/mol. The second kappa shape index (κ2) is 4.81. The molecule has 0 aliphatic rings. The van der Waals surface area contributed by atoms with Gasteiger partial charge in [-0.15, -0.1) is 5.73 Å². The van der Waals surface area contributed by atoms with Crippen molar-refractivity contribution in [3.05, 3.63) is 17.4 Å². The van der Waals surface area contributed by atoms with Crippen molar-refractivity contribution in [1.82, 2.24) is 0 Å². The zero-order valence-electron chi connectivity index (χ0n) is 7.02. The van der Waals surface area contributed by atoms with E-state index in [0.29, 0.717) is 0 Å². The third kappa shape index (κ3) is 7.27. The summed E-state index contributed by atoms with van der Waals surface area (Å²) < 4.78 is 28.7. The lowest BCUT2D eigenvalue weighted by molar-refractivity contribution is -0.132. The second-order valence-corrected chi connectivity index (χ2v) is 3.93. The van der Waals surface area contributed by atoms with Crippen LogP contribution in [0.5, 0.6) is 0 Å². The fourth-order valence-electron chi connectivity index (χ4n) is 0.495. The van der Waals surface area contributed by atoms with E-state index in [2.05, 4.69) is 5.73 Å². The minimum absolute atomic E-state index is 0.00432. The van der Waals surface area contributed by atoms with Gasteiger partial charge in [0.25, 0.3) is 10.1 Å². The third-order valence-electron chi connectivity index (χ3n) is 1.16. The van der Waals surface area contributed by atoms with Crippen LogP contribution in [-0.2, 0) is 14.9 Å². The molecule has 5 nitrogen and oxygen atoms in total. The molecule has 0 aromatic carbocycles. The van der Waals surface area contributed by atoms with E-state index in [4.69, 9.17) is 9.66 Å². The predicted molar refractivity (Wildman–Crippen MR) is 45.9 cm³/mol. The van der Waals surface area contributed by atoms with E-state index in [-0.39, 0.29) is 12.0 Å². The molecule has 0 saturated heterocycles. The molecule has 13 heavy (non-hydrogen) atoms. The van der Waals surface area contributed by atoms with Crippen molar-refractivity contribution in [3.8, 4) is 0 Å². The topological polar surface area (TPSA) is 91.7 Å². The summed E-state index contributed by atoms with van der Waals surface area (Å²) in [7, 11) is -3.97. The standard InChI is InChI=1S/C7H10O5S/c1-6(7(8)9)4-2-3-5-13(10,11)12/h2H,3,5H2,1H3,(H,8,9)(H,10,11,12). The van der Waals surface area contributed by atoms with Gasteiger partial charge in [0, 0.05) is 0 Å². The lowest BCUT2D eigenvalue weighted by Gasteiger charge is -1.89. The quantitative estimate of drug-likeness (QED) is 0.396. The van der Waals surface area contributed by atoms with Gasteiger partial charge in [-0.25, -0.2) is 4.79 Å². The van der Waals surface area contributed by atoms with Crippen LogP contribution in [0.3, 0.4) is 0 Å². The van der Waals surface area contributed by atoms with Gasteiger partial charge in [0.05, 0.1) is 11.3 Å². The van der Waals surface area contributed by atoms with Gasteiger partial charge in [-0.3, -0.25) is 4.55 Å². The molecule has 74 valence electrons. The number of hydrogen-bond acceptors (Lipinski definition) is 3. The Morgan fingerprint density at radius 1 is 1.54 bits per heavy atom. The van der Waals surface area contributed by atoms with Gasteiger partial charge in [0.1, 0.15) is 0 Å². The van der Waals surface area contributed by atoms with Crippen molar-refractivity contribution in [3.63, 3.8) is 0 Å². The van der Waals surface area contributed by atoms with Gasteiger partial charge >= 0.3 is 5.97 Å². The van der Waals surface area contributed by atoms with E-state index in [1.54, 1.807) is 0 Å². The molecule has 0 saturated carbocycles. The summed E-state index contributed by atoms with van der Waals surface area (Å²) in [5, 5.41) is 8.35. The molecular formula is C7H10O5S. The predicted octanol–water partition coefficient (Wildman–Crippen LogP) is 0.450. The molecule has 0 unspecified atom stereocenters. The van der Waals surface area contributed by atoms with Crippen molar-refractivity contribution >= 4 is 16.1 Å². The van der Waals surface area contributed by atoms with Gasteiger partial charge in [-0.05, 0) is 19.4 Å². The van der Waals surface area contributed by atoms with Crippen molar-refractivity contribution in [2.24, 2.45) is 0 Å². The smallest absolute Gasteiger partial charge is 0.339 e. The van der Waals surface area contributed by atoms with Crippen LogP contribution >= 0.6 is 0 Å². The van der Waals surface area contributed by atoms with Crippen LogP contribution < -0.4 is 0 Å². The number of hydrogen-bond donors (Lipinski definition) is 2. The molecule has 0 atom stereocenters. The molecule has 0 aromatic rings. The fraction of sp³-hybridized carbons (Fsp3) is 0.429. The molecule has 0 aliphatic heterocycles. The van der Waals surface area contributed by atoms with Gasteiger partial charge in [-0.2, -0.15) is 8.42 Å². The molecule has 6 heteroatoms. The normalized spacial score (nSPS) is 10.3. The minimum atomic E-state index is -3.97. The Morgan fingerprint density at radius 2 is 2.08 bits per heavy atom. The summed E-state index contributed by atoms with van der Waals surface area (Å²) in [6.07, 6.45) is 1.31. The van der Waals surface area contributed by atoms with Crippen LogP contribution in [0.1, 0.15) is 13.3 Å². The van der Waals surface area contributed by atoms with Crippen LogP contribution in [0.15, 0.2) is 17.4 Å². The zero-order chi connectivity index (χ0) is 10.5. The van der Waals surface area contributed by atoms with Crippen LogP contribution in [-0.4, -0.2) is 29.8 Å². The third-order valence-corrected chi connectivity index (χ3v) is 1.91. The van der Waals surface area contributed by atoms with Crippen LogP contribution in [0, 0.1) is 0 Å². The number of carboxylic acids is 1. The highest BCUT2D eigenvalue weighted by Gasteiger charge is 2.01. The summed E-state index contributed by atoms with van der Waals surface area (Å²) in [6, 6.07) is 0. The maximum Gasteiger partial charge on any atom is 0.339 e. The van der Waals surface area contributed by atoms with Crippen molar-refractivity contribution < 1.29 is 22.9 Å². The molecule has 0 spiro atoms. The molecule has 0 amide bonds. The van der Waals surface area contributed by atoms with Gasteiger partial charge in [0.15, 0.2) is 0 Å². The molecule has 0 radical (unpaired) electrons. The van der Waals surface area contributed by atoms with Crippen LogP contribution in [0.25, 0.3) is 0 Å². The summed E-state index contributed by atoms with van der Waals surface area (Å²) >= 11 is 0. The van der Waals surface area contributed by atoms with Gasteiger partial charge in [0.2, 0.25) is 0 Å². The van der Waals surface area contributed by atoms with Gasteiger partial charge in [-0.1, -0.05) is 0 Å². The molecule has 2 N–H and O–H groups in total. The first-order valence-electron chi connectivity index (χ1n) is 3.43. The summed E-state index contributed by atoms with van der Waals surface area (Å²) in [5.41, 5.74) is 2.37. The first-order chi connectivity index (χ1) is 5.83. The maximum absolute atomic E-state index is 10.2. The number of carboxylic acid groups (broad SMARTS) is 1. The van der Waals surface area contributed by atoms with Crippen LogP contribution in [0.2, 0.25) is 0 Å². The number of carbonyl (C=O) groups is 1. The molecule has 0 aliphatic carbocycles. The summed E-state index contributed by atoms with van der Waals surface area (Å²) in [6.45, 7) is 1.34. The summed E-state index contributed by atoms with van der Waals surface area (Å²) in [4.78, 5) is 10.2. The Bertz CT molecular complexity index is 345. The molecule has 0 rings (SSSR count). The Hall–Kier alpha value is -1.10. The Morgan fingerprint density at radius 3 is 2.46 bits per heavy atom. The van der Waals surface area contributed by atoms with Crippen molar-refractivity contribution in [2.75, 3.05) is 5.75 Å². The maximum atomic E-state index is 10.2. The lowest BCUT2D eigenvalue weighted by atomic mass is 10.3.